The van der Waals surface area contributed by atoms with Gasteiger partial charge in [0.15, 0.2) is 0 Å². The van der Waals surface area contributed by atoms with Crippen molar-refractivity contribution < 1.29 is 9.90 Å². The molecule has 184 valence electrons. The van der Waals surface area contributed by atoms with Gasteiger partial charge in [0.1, 0.15) is 18.0 Å². The quantitative estimate of drug-likeness (QED) is 0.335. The van der Waals surface area contributed by atoms with Gasteiger partial charge in [0.05, 0.1) is 29.3 Å². The third kappa shape index (κ3) is 4.14. The fourth-order valence-electron chi connectivity index (χ4n) is 4.68. The Kier molecular flexibility index (Phi) is 5.33. The van der Waals surface area contributed by atoms with Crippen molar-refractivity contribution in [2.45, 2.75) is 25.8 Å². The third-order valence-electron chi connectivity index (χ3n) is 6.36. The van der Waals surface area contributed by atoms with Crippen LogP contribution in [0.15, 0.2) is 65.8 Å². The normalized spacial score (nSPS) is 14.5. The second kappa shape index (κ2) is 8.82. The smallest absolute Gasteiger partial charge is 0.409 e. The summed E-state index contributed by atoms with van der Waals surface area (Å²) in [5, 5.41) is 22.6. The van der Waals surface area contributed by atoms with Crippen LogP contribution in [0.25, 0.3) is 28.2 Å². The minimum Gasteiger partial charge on any atom is -0.465 e. The van der Waals surface area contributed by atoms with Crippen molar-refractivity contribution in [1.82, 2.24) is 39.7 Å². The van der Waals surface area contributed by atoms with E-state index >= 15 is 0 Å². The Labute approximate surface area is 209 Å². The van der Waals surface area contributed by atoms with Crippen LogP contribution in [0, 0.1) is 6.92 Å². The number of hydrogen-bond donors (Lipinski definition) is 3. The van der Waals surface area contributed by atoms with Gasteiger partial charge in [-0.25, -0.2) is 14.8 Å². The number of nitrogens with one attached hydrogen (secondary N) is 2. The lowest BCUT2D eigenvalue weighted by Gasteiger charge is -2.14. The zero-order chi connectivity index (χ0) is 25.5. The van der Waals surface area contributed by atoms with Crippen LogP contribution in [0.2, 0.25) is 0 Å². The van der Waals surface area contributed by atoms with Gasteiger partial charge < -0.3 is 10.1 Å². The summed E-state index contributed by atoms with van der Waals surface area (Å²) in [6, 6.07) is 14.1. The van der Waals surface area contributed by atoms with Crippen LogP contribution in [0.3, 0.4) is 0 Å². The number of benzene rings is 2. The predicted octanol–water partition coefficient (Wildman–Crippen LogP) is 3.21. The molecule has 3 aromatic heterocycles. The summed E-state index contributed by atoms with van der Waals surface area (Å²) in [4.78, 5) is 36.9. The predicted molar refractivity (Wildman–Crippen MR) is 134 cm³/mol. The molecule has 12 nitrogen and oxygen atoms in total. The molecule has 1 aliphatic rings. The van der Waals surface area contributed by atoms with Gasteiger partial charge in [-0.1, -0.05) is 23.8 Å². The minimum atomic E-state index is -1.12. The molecule has 0 saturated heterocycles. The molecule has 0 aliphatic carbocycles. The number of aryl methyl sites for hydroxylation is 2. The first kappa shape index (κ1) is 22.3. The molecule has 1 amide bonds. The summed E-state index contributed by atoms with van der Waals surface area (Å²) in [6.07, 6.45) is 3.42. The van der Waals surface area contributed by atoms with Crippen LogP contribution in [0.1, 0.15) is 29.7 Å². The molecule has 5 aromatic rings. The van der Waals surface area contributed by atoms with Gasteiger partial charge in [0.25, 0.3) is 5.56 Å². The summed E-state index contributed by atoms with van der Waals surface area (Å²) in [5.41, 5.74) is 5.06. The second-order valence-corrected chi connectivity index (χ2v) is 8.78. The number of amides is 1. The number of anilines is 1. The number of aromatic nitrogens is 8. The lowest BCUT2D eigenvalue weighted by Crippen LogP contribution is -2.25. The maximum absolute atomic E-state index is 13.4. The number of imidazole rings is 1. The van der Waals surface area contributed by atoms with Gasteiger partial charge in [-0.2, -0.15) is 4.68 Å². The number of carbonyl (C=O) groups is 1. The number of hydrogen-bond acceptors (Lipinski definition) is 7. The molecule has 1 atom stereocenters. The van der Waals surface area contributed by atoms with E-state index < -0.39 is 6.09 Å². The van der Waals surface area contributed by atoms with Gasteiger partial charge in [-0.05, 0) is 53.6 Å². The van der Waals surface area contributed by atoms with Gasteiger partial charge in [-0.3, -0.25) is 14.7 Å². The molecular weight excluding hydrogens is 474 g/mol. The van der Waals surface area contributed by atoms with Crippen molar-refractivity contribution in [3.8, 4) is 28.2 Å². The minimum absolute atomic E-state index is 0.159. The maximum atomic E-state index is 13.4. The van der Waals surface area contributed by atoms with Crippen LogP contribution in [0.4, 0.5) is 10.5 Å². The van der Waals surface area contributed by atoms with Gasteiger partial charge in [0, 0.05) is 23.7 Å². The summed E-state index contributed by atoms with van der Waals surface area (Å²) in [6.45, 7) is 1.98. The monoisotopic (exact) mass is 495 g/mol. The van der Waals surface area contributed by atoms with E-state index in [-0.39, 0.29) is 11.6 Å². The van der Waals surface area contributed by atoms with Crippen molar-refractivity contribution >= 4 is 11.8 Å². The van der Waals surface area contributed by atoms with E-state index in [0.717, 1.165) is 28.1 Å². The fraction of sp³-hybridized carbons (Fsp3) is 0.160. The number of nitrogens with zero attached hydrogens (tertiary/aromatic N) is 7. The lowest BCUT2D eigenvalue weighted by atomic mass is 10.1. The van der Waals surface area contributed by atoms with E-state index in [1.807, 2.05) is 25.1 Å². The molecule has 0 unspecified atom stereocenters. The molecule has 2 aromatic carbocycles. The van der Waals surface area contributed by atoms with Gasteiger partial charge in [0.2, 0.25) is 0 Å². The molecule has 37 heavy (non-hydrogen) atoms. The molecule has 4 heterocycles. The highest BCUT2D eigenvalue weighted by molar-refractivity contribution is 5.83. The van der Waals surface area contributed by atoms with Crippen molar-refractivity contribution in [1.29, 1.82) is 0 Å². The van der Waals surface area contributed by atoms with Crippen LogP contribution in [-0.2, 0) is 6.42 Å². The molecule has 0 bridgehead atoms. The first-order valence-corrected chi connectivity index (χ1v) is 11.6. The number of rotatable bonds is 5. The molecule has 1 aliphatic heterocycles. The molecule has 6 rings (SSSR count). The van der Waals surface area contributed by atoms with E-state index in [4.69, 9.17) is 10.1 Å². The second-order valence-electron chi connectivity index (χ2n) is 8.78. The SMILES string of the molecule is Cc1ccc(-n2cnnn2)c(-c2cc(=O)n3c(n2)CC[C@H]3c2ncc(-c3ccc(NC(=O)O)cc3)[nH]2)c1. The van der Waals surface area contributed by atoms with Crippen molar-refractivity contribution in [2.75, 3.05) is 5.32 Å². The first-order chi connectivity index (χ1) is 18.0. The van der Waals surface area contributed by atoms with Crippen molar-refractivity contribution in [3.05, 3.63) is 88.6 Å². The summed E-state index contributed by atoms with van der Waals surface area (Å²) in [5.74, 6) is 1.36. The topological polar surface area (TPSA) is 156 Å². The van der Waals surface area contributed by atoms with Gasteiger partial charge in [-0.15, -0.1) is 5.10 Å². The highest BCUT2D eigenvalue weighted by Gasteiger charge is 2.29. The Morgan fingerprint density at radius 2 is 2.00 bits per heavy atom. The van der Waals surface area contributed by atoms with E-state index in [9.17, 15) is 9.59 Å². The summed E-state index contributed by atoms with van der Waals surface area (Å²) in [7, 11) is 0. The molecule has 3 N–H and O–H groups in total. The Balaban J connectivity index is 1.32. The summed E-state index contributed by atoms with van der Waals surface area (Å²) < 4.78 is 3.25. The van der Waals surface area contributed by atoms with E-state index in [2.05, 4.69) is 30.8 Å². The number of aromatic amines is 1. The zero-order valence-corrected chi connectivity index (χ0v) is 19.7. The Bertz CT molecular complexity index is 1670. The molecule has 0 spiro atoms. The Hall–Kier alpha value is -5.13. The largest absolute Gasteiger partial charge is 0.465 e. The standard InChI is InChI=1S/C25H21N9O3/c1-14-2-7-20(33-13-27-31-32-33)17(10-14)18-11-23(35)34-21(8-9-22(34)29-18)24-26-12-19(30-24)15-3-5-16(6-4-15)28-25(36)37/h2-7,10-13,21,28H,8-9H2,1H3,(H,26,30)(H,36,37)/t21-/m0/s1. The molecule has 0 saturated carbocycles. The van der Waals surface area contributed by atoms with Crippen molar-refractivity contribution in [2.24, 2.45) is 0 Å². The average molecular weight is 496 g/mol. The third-order valence-corrected chi connectivity index (χ3v) is 6.36. The highest BCUT2D eigenvalue weighted by atomic mass is 16.4. The van der Waals surface area contributed by atoms with E-state index in [0.29, 0.717) is 35.9 Å². The van der Waals surface area contributed by atoms with Crippen LogP contribution < -0.4 is 10.9 Å². The van der Waals surface area contributed by atoms with E-state index in [1.54, 1.807) is 45.8 Å². The number of fused-ring (bicyclic) bond motifs is 1. The maximum Gasteiger partial charge on any atom is 0.409 e. The first-order valence-electron chi connectivity index (χ1n) is 11.6. The fourth-order valence-corrected chi connectivity index (χ4v) is 4.68. The van der Waals surface area contributed by atoms with Gasteiger partial charge >= 0.3 is 6.09 Å². The van der Waals surface area contributed by atoms with Crippen LogP contribution >= 0.6 is 0 Å². The molecule has 0 radical (unpaired) electrons. The number of tetrazole rings is 1. The van der Waals surface area contributed by atoms with E-state index in [1.165, 1.54) is 6.33 Å². The summed E-state index contributed by atoms with van der Waals surface area (Å²) >= 11 is 0. The van der Waals surface area contributed by atoms with Crippen molar-refractivity contribution in [3.63, 3.8) is 0 Å². The molecular formula is C25H21N9O3. The number of H-pyrrole nitrogens is 1. The molecule has 0 fully saturated rings. The highest BCUT2D eigenvalue weighted by Crippen LogP contribution is 2.32. The lowest BCUT2D eigenvalue weighted by molar-refractivity contribution is 0.209. The van der Waals surface area contributed by atoms with Crippen LogP contribution in [0.5, 0.6) is 0 Å². The molecule has 12 heteroatoms. The zero-order valence-electron chi connectivity index (χ0n) is 19.7. The number of carboxylic acid groups (broad SMARTS) is 1. The Morgan fingerprint density at radius 1 is 1.16 bits per heavy atom. The Morgan fingerprint density at radius 3 is 2.76 bits per heavy atom. The van der Waals surface area contributed by atoms with Crippen LogP contribution in [-0.4, -0.2) is 50.9 Å². The average Bonchev–Trinajstić information content (AvgIpc) is 3.65.